The van der Waals surface area contributed by atoms with Crippen LogP contribution in [-0.4, -0.2) is 66.2 Å². The Labute approximate surface area is 189 Å². The number of aromatic nitrogens is 1. The van der Waals surface area contributed by atoms with Crippen LogP contribution in [0.1, 0.15) is 31.4 Å². The maximum Gasteiger partial charge on any atom is 0.412 e. The summed E-state index contributed by atoms with van der Waals surface area (Å²) in [5.41, 5.74) is 1.41. The summed E-state index contributed by atoms with van der Waals surface area (Å²) < 4.78 is 5.11. The van der Waals surface area contributed by atoms with Crippen molar-refractivity contribution in [2.24, 2.45) is 0 Å². The van der Waals surface area contributed by atoms with Gasteiger partial charge < -0.3 is 30.7 Å². The second-order valence-corrected chi connectivity index (χ2v) is 6.88. The molecule has 2 rings (SSSR count). The number of carbonyl (C=O) groups is 3. The number of ether oxygens (including phenoxy) is 1. The number of carbonyl (C=O) groups excluding carboxylic acids is 2. The van der Waals surface area contributed by atoms with Gasteiger partial charge in [-0.25, -0.2) is 9.59 Å². The van der Waals surface area contributed by atoms with Gasteiger partial charge in [0.05, 0.1) is 12.2 Å². The Bertz CT molecular complexity index is 932. The molecule has 2 aromatic rings. The Morgan fingerprint density at radius 1 is 1.19 bits per heavy atom. The molecule has 0 unspecified atom stereocenters. The molecule has 2 amide bonds. The van der Waals surface area contributed by atoms with Gasteiger partial charge in [-0.15, -0.1) is 0 Å². The van der Waals surface area contributed by atoms with E-state index in [0.29, 0.717) is 19.6 Å². The molecular formula is C22H33N5O5. The lowest BCUT2D eigenvalue weighted by Gasteiger charge is -2.20. The molecule has 0 spiro atoms. The third kappa shape index (κ3) is 7.97. The summed E-state index contributed by atoms with van der Waals surface area (Å²) in [5, 5.41) is 17.9. The molecule has 0 fully saturated rings. The zero-order valence-corrected chi connectivity index (χ0v) is 18.3. The molecular weight excluding hydrogens is 414 g/mol. The van der Waals surface area contributed by atoms with Crippen LogP contribution in [0, 0.1) is 0 Å². The highest BCUT2D eigenvalue weighted by molar-refractivity contribution is 5.91. The highest BCUT2D eigenvalue weighted by Gasteiger charge is 2.14. The Hall–Kier alpha value is -3.50. The van der Waals surface area contributed by atoms with Crippen molar-refractivity contribution in [2.45, 2.75) is 20.0 Å². The average Bonchev–Trinajstić information content (AvgIpc) is 2.79. The highest BCUT2D eigenvalue weighted by Crippen LogP contribution is 2.17. The molecule has 0 radical (unpaired) electrons. The van der Waals surface area contributed by atoms with E-state index in [1.807, 2.05) is 20.0 Å². The molecule has 0 saturated heterocycles. The predicted octanol–water partition coefficient (Wildman–Crippen LogP) is 1.72. The summed E-state index contributed by atoms with van der Waals surface area (Å²) in [6.07, 6.45) is 0.855. The molecule has 0 atom stereocenters. The van der Waals surface area contributed by atoms with E-state index in [2.05, 4.69) is 20.9 Å². The van der Waals surface area contributed by atoms with Gasteiger partial charge in [-0.05, 0) is 43.8 Å². The van der Waals surface area contributed by atoms with E-state index in [0.717, 1.165) is 17.8 Å². The summed E-state index contributed by atoms with van der Waals surface area (Å²) in [4.78, 5) is 41.5. The van der Waals surface area contributed by atoms with Gasteiger partial charge in [0.1, 0.15) is 11.3 Å². The van der Waals surface area contributed by atoms with Gasteiger partial charge in [0, 0.05) is 41.8 Å². The normalized spacial score (nSPS) is 10.4. The van der Waals surface area contributed by atoms with E-state index in [-0.39, 0.29) is 33.2 Å². The van der Waals surface area contributed by atoms with Gasteiger partial charge in [-0.2, -0.15) is 0 Å². The first kappa shape index (κ1) is 24.8. The minimum absolute atomic E-state index is 0. The smallest absolute Gasteiger partial charge is 0.412 e. The van der Waals surface area contributed by atoms with Crippen LogP contribution in [0.15, 0.2) is 42.6 Å². The lowest BCUT2D eigenvalue weighted by Crippen LogP contribution is -2.41. The Morgan fingerprint density at radius 3 is 2.69 bits per heavy atom. The lowest BCUT2D eigenvalue weighted by atomic mass is 10.2. The second kappa shape index (κ2) is 13.0. The minimum atomic E-state index is -1.18. The Balaban J connectivity index is 0.00000544. The van der Waals surface area contributed by atoms with Crippen molar-refractivity contribution in [3.63, 3.8) is 0 Å². The molecule has 1 aromatic heterocycles. The SMILES string of the molecule is CCN(CCNC)C(=O)CNCc1cc(CNC(=O)Oc2ccccc2C(=O)O)ccn1.[HH].[HH]. The summed E-state index contributed by atoms with van der Waals surface area (Å²) in [5.74, 6) is -1.19. The molecule has 0 saturated carbocycles. The van der Waals surface area contributed by atoms with Crippen LogP contribution in [0.25, 0.3) is 0 Å². The zero-order chi connectivity index (χ0) is 23.3. The van der Waals surface area contributed by atoms with Gasteiger partial charge in [-0.3, -0.25) is 9.78 Å². The monoisotopic (exact) mass is 447 g/mol. The molecule has 1 aromatic carbocycles. The first-order valence-corrected chi connectivity index (χ1v) is 10.3. The third-order valence-corrected chi connectivity index (χ3v) is 4.59. The van der Waals surface area contributed by atoms with Gasteiger partial charge in [0.15, 0.2) is 0 Å². The fraction of sp³-hybridized carbons (Fsp3) is 0.364. The van der Waals surface area contributed by atoms with Crippen molar-refractivity contribution in [3.05, 3.63) is 59.4 Å². The summed E-state index contributed by atoms with van der Waals surface area (Å²) in [6, 6.07) is 9.47. The van der Waals surface area contributed by atoms with Crippen LogP contribution in [0.5, 0.6) is 5.75 Å². The van der Waals surface area contributed by atoms with Crippen molar-refractivity contribution < 1.29 is 27.1 Å². The first-order valence-electron chi connectivity index (χ1n) is 10.3. The molecule has 0 bridgehead atoms. The first-order chi connectivity index (χ1) is 15.4. The fourth-order valence-electron chi connectivity index (χ4n) is 2.89. The number of benzene rings is 1. The van der Waals surface area contributed by atoms with Crippen LogP contribution < -0.4 is 20.7 Å². The number of hydrogen-bond acceptors (Lipinski definition) is 7. The summed E-state index contributed by atoms with van der Waals surface area (Å²) in [6.45, 7) is 4.76. The summed E-state index contributed by atoms with van der Waals surface area (Å²) >= 11 is 0. The number of carboxylic acid groups (broad SMARTS) is 1. The number of likely N-dealkylation sites (N-methyl/N-ethyl adjacent to an activating group) is 2. The molecule has 176 valence electrons. The van der Waals surface area contributed by atoms with Crippen LogP contribution >= 0.6 is 0 Å². The fourth-order valence-corrected chi connectivity index (χ4v) is 2.89. The molecule has 32 heavy (non-hydrogen) atoms. The molecule has 1 heterocycles. The van der Waals surface area contributed by atoms with E-state index in [1.165, 1.54) is 12.1 Å². The summed E-state index contributed by atoms with van der Waals surface area (Å²) in [7, 11) is 1.85. The Morgan fingerprint density at radius 2 is 1.97 bits per heavy atom. The lowest BCUT2D eigenvalue weighted by molar-refractivity contribution is -0.130. The predicted molar refractivity (Wildman–Crippen MR) is 123 cm³/mol. The van der Waals surface area contributed by atoms with E-state index in [4.69, 9.17) is 9.84 Å². The minimum Gasteiger partial charge on any atom is -0.478 e. The number of carboxylic acids is 1. The van der Waals surface area contributed by atoms with Crippen molar-refractivity contribution in [1.29, 1.82) is 0 Å². The quantitative estimate of drug-likeness (QED) is 0.387. The van der Waals surface area contributed by atoms with Gasteiger partial charge in [0.25, 0.3) is 0 Å². The number of nitrogens with one attached hydrogen (secondary N) is 3. The highest BCUT2D eigenvalue weighted by atomic mass is 16.6. The largest absolute Gasteiger partial charge is 0.478 e. The van der Waals surface area contributed by atoms with E-state index in [1.54, 1.807) is 29.3 Å². The molecule has 10 nitrogen and oxygen atoms in total. The average molecular weight is 448 g/mol. The third-order valence-electron chi connectivity index (χ3n) is 4.59. The van der Waals surface area contributed by atoms with E-state index < -0.39 is 12.1 Å². The van der Waals surface area contributed by atoms with E-state index in [9.17, 15) is 14.4 Å². The van der Waals surface area contributed by atoms with Crippen LogP contribution in [0.4, 0.5) is 4.79 Å². The number of aromatic carboxylic acids is 1. The maximum atomic E-state index is 12.2. The van der Waals surface area contributed by atoms with Crippen molar-refractivity contribution in [3.8, 4) is 5.75 Å². The molecule has 0 aliphatic carbocycles. The molecule has 0 aliphatic heterocycles. The number of pyridine rings is 1. The molecule has 10 heteroatoms. The van der Waals surface area contributed by atoms with Crippen LogP contribution in [0.2, 0.25) is 0 Å². The van der Waals surface area contributed by atoms with Gasteiger partial charge in [0.2, 0.25) is 5.91 Å². The number of rotatable bonds is 12. The van der Waals surface area contributed by atoms with Crippen molar-refractivity contribution >= 4 is 18.0 Å². The topological polar surface area (TPSA) is 133 Å². The van der Waals surface area contributed by atoms with E-state index >= 15 is 0 Å². The number of nitrogens with zero attached hydrogens (tertiary/aromatic N) is 2. The number of hydrogen-bond donors (Lipinski definition) is 4. The number of amides is 2. The Kier molecular flexibility index (Phi) is 10.1. The number of para-hydroxylation sites is 1. The van der Waals surface area contributed by atoms with Crippen molar-refractivity contribution in [2.75, 3.05) is 33.2 Å². The molecule has 0 aliphatic rings. The standard InChI is InChI=1S/C22H29N5O5.2H2/c1-3-27(11-10-23-2)20(28)15-24-14-17-12-16(8-9-25-17)13-26-22(31)32-19-7-5-4-6-18(19)21(29)30;;/h4-9,12,23-24H,3,10-11,13-15H2,1-2H3,(H,26,31)(H,29,30);2*1H. The van der Waals surface area contributed by atoms with Crippen LogP contribution in [0.3, 0.4) is 0 Å². The van der Waals surface area contributed by atoms with Gasteiger partial charge in [-0.1, -0.05) is 12.1 Å². The van der Waals surface area contributed by atoms with Crippen LogP contribution in [-0.2, 0) is 17.9 Å². The second-order valence-electron chi connectivity index (χ2n) is 6.88. The van der Waals surface area contributed by atoms with Crippen molar-refractivity contribution in [1.82, 2.24) is 25.8 Å². The zero-order valence-electron chi connectivity index (χ0n) is 18.3. The molecule has 4 N–H and O–H groups in total. The van der Waals surface area contributed by atoms with Gasteiger partial charge >= 0.3 is 12.1 Å². The maximum absolute atomic E-state index is 12.2.